The van der Waals surface area contributed by atoms with Crippen LogP contribution in [0.3, 0.4) is 0 Å². The Labute approximate surface area is 103 Å². The molecule has 0 radical (unpaired) electrons. The monoisotopic (exact) mass is 284 g/mol. The summed E-state index contributed by atoms with van der Waals surface area (Å²) in [5.74, 6) is 0.423. The molecule has 0 fully saturated rings. The molecule has 7 heteroatoms. The molecule has 0 saturated carbocycles. The fourth-order valence-electron chi connectivity index (χ4n) is 1.20. The van der Waals surface area contributed by atoms with Crippen molar-refractivity contribution < 1.29 is 17.9 Å². The normalized spacial score (nSPS) is 11.2. The van der Waals surface area contributed by atoms with Gasteiger partial charge in [-0.15, -0.1) is 0 Å². The van der Waals surface area contributed by atoms with Gasteiger partial charge in [-0.2, -0.15) is 0 Å². The zero-order chi connectivity index (χ0) is 12.3. The van der Waals surface area contributed by atoms with Crippen LogP contribution in [0.15, 0.2) is 12.1 Å². The molecule has 0 N–H and O–H groups in total. The van der Waals surface area contributed by atoms with E-state index in [2.05, 4.69) is 0 Å². The Hall–Kier alpha value is -0.650. The molecule has 0 aliphatic carbocycles. The van der Waals surface area contributed by atoms with Gasteiger partial charge in [0.2, 0.25) is 9.05 Å². The number of hydrogen-bond acceptors (Lipinski definition) is 4. The van der Waals surface area contributed by atoms with Crippen molar-refractivity contribution in [2.45, 2.75) is 5.75 Å². The molecule has 0 saturated heterocycles. The number of halogens is 2. The maximum absolute atomic E-state index is 11.0. The van der Waals surface area contributed by atoms with Gasteiger partial charge in [0.05, 0.1) is 25.0 Å². The summed E-state index contributed by atoms with van der Waals surface area (Å²) in [6.07, 6.45) is 0. The molecule has 1 aromatic rings. The second kappa shape index (κ2) is 5.12. The lowest BCUT2D eigenvalue weighted by Gasteiger charge is -2.11. The largest absolute Gasteiger partial charge is 0.497 e. The predicted octanol–water partition coefficient (Wildman–Crippen LogP) is 2.43. The zero-order valence-electron chi connectivity index (χ0n) is 8.66. The van der Waals surface area contributed by atoms with Crippen LogP contribution in [0.2, 0.25) is 5.02 Å². The van der Waals surface area contributed by atoms with Crippen LogP contribution in [0.25, 0.3) is 0 Å². The first-order valence-electron chi connectivity index (χ1n) is 4.20. The Morgan fingerprint density at radius 3 is 2.31 bits per heavy atom. The smallest absolute Gasteiger partial charge is 0.236 e. The first kappa shape index (κ1) is 13.4. The van der Waals surface area contributed by atoms with E-state index < -0.39 is 9.05 Å². The summed E-state index contributed by atoms with van der Waals surface area (Å²) in [4.78, 5) is 0. The van der Waals surface area contributed by atoms with Gasteiger partial charge in [-0.3, -0.25) is 0 Å². The number of benzene rings is 1. The van der Waals surface area contributed by atoms with Crippen molar-refractivity contribution in [3.8, 4) is 11.5 Å². The summed E-state index contributed by atoms with van der Waals surface area (Å²) < 4.78 is 32.0. The lowest BCUT2D eigenvalue weighted by molar-refractivity contribution is 0.392. The van der Waals surface area contributed by atoms with E-state index in [1.54, 1.807) is 6.07 Å². The summed E-state index contributed by atoms with van der Waals surface area (Å²) in [5, 5.41) is 0.237. The second-order valence-electron chi connectivity index (χ2n) is 2.97. The highest BCUT2D eigenvalue weighted by Gasteiger charge is 2.17. The Morgan fingerprint density at radius 1 is 1.25 bits per heavy atom. The van der Waals surface area contributed by atoms with Crippen LogP contribution in [0.5, 0.6) is 11.5 Å². The van der Waals surface area contributed by atoms with Crippen molar-refractivity contribution in [2.24, 2.45) is 0 Å². The third-order valence-electron chi connectivity index (χ3n) is 1.90. The predicted molar refractivity (Wildman–Crippen MR) is 63.0 cm³/mol. The van der Waals surface area contributed by atoms with Crippen LogP contribution >= 0.6 is 22.3 Å². The summed E-state index contributed by atoms with van der Waals surface area (Å²) in [6.45, 7) is 0. The number of hydrogen-bond donors (Lipinski definition) is 0. The van der Waals surface area contributed by atoms with E-state index >= 15 is 0 Å². The lowest BCUT2D eigenvalue weighted by atomic mass is 10.2. The number of ether oxygens (including phenoxy) is 2. The van der Waals surface area contributed by atoms with Gasteiger partial charge in [-0.1, -0.05) is 11.6 Å². The van der Waals surface area contributed by atoms with Gasteiger partial charge in [0.1, 0.15) is 11.5 Å². The molecule has 4 nitrogen and oxygen atoms in total. The molecule has 0 aromatic heterocycles. The third-order valence-corrected chi connectivity index (χ3v) is 3.20. The average molecular weight is 285 g/mol. The summed E-state index contributed by atoms with van der Waals surface area (Å²) in [7, 11) is 4.37. The highest BCUT2D eigenvalue weighted by atomic mass is 35.7. The van der Waals surface area contributed by atoms with E-state index in [1.165, 1.54) is 20.3 Å². The van der Waals surface area contributed by atoms with Crippen LogP contribution in [0, 0.1) is 0 Å². The van der Waals surface area contributed by atoms with Gasteiger partial charge in [0, 0.05) is 22.3 Å². The van der Waals surface area contributed by atoms with Crippen molar-refractivity contribution in [1.29, 1.82) is 0 Å². The molecule has 0 bridgehead atoms. The molecule has 0 aliphatic heterocycles. The van der Waals surface area contributed by atoms with Crippen molar-refractivity contribution in [2.75, 3.05) is 14.2 Å². The van der Waals surface area contributed by atoms with E-state index in [0.717, 1.165) is 0 Å². The van der Waals surface area contributed by atoms with Crippen LogP contribution in [0.1, 0.15) is 5.56 Å². The average Bonchev–Trinajstić information content (AvgIpc) is 2.19. The Morgan fingerprint density at radius 2 is 1.88 bits per heavy atom. The highest BCUT2D eigenvalue weighted by molar-refractivity contribution is 8.13. The highest BCUT2D eigenvalue weighted by Crippen LogP contribution is 2.33. The topological polar surface area (TPSA) is 52.6 Å². The van der Waals surface area contributed by atoms with E-state index in [0.29, 0.717) is 17.1 Å². The fraction of sp³-hybridized carbons (Fsp3) is 0.333. The summed E-state index contributed by atoms with van der Waals surface area (Å²) in [5.41, 5.74) is 0.319. The SMILES string of the molecule is COc1cc(Cl)c(CS(=O)(=O)Cl)c(OC)c1. The van der Waals surface area contributed by atoms with Crippen molar-refractivity contribution in [3.63, 3.8) is 0 Å². The van der Waals surface area contributed by atoms with Gasteiger partial charge in [-0.05, 0) is 6.07 Å². The Balaban J connectivity index is 3.27. The molecule has 0 aliphatic rings. The maximum Gasteiger partial charge on any atom is 0.236 e. The van der Waals surface area contributed by atoms with Gasteiger partial charge in [0.25, 0.3) is 0 Å². The minimum Gasteiger partial charge on any atom is -0.497 e. The first-order chi connectivity index (χ1) is 7.37. The Bertz CT molecular complexity index is 485. The molecule has 1 rings (SSSR count). The minimum atomic E-state index is -3.68. The van der Waals surface area contributed by atoms with E-state index in [1.807, 2.05) is 0 Å². The van der Waals surface area contributed by atoms with Gasteiger partial charge < -0.3 is 9.47 Å². The van der Waals surface area contributed by atoms with Crippen LogP contribution in [-0.2, 0) is 14.8 Å². The summed E-state index contributed by atoms with van der Waals surface area (Å²) >= 11 is 5.92. The van der Waals surface area contributed by atoms with Crippen LogP contribution < -0.4 is 9.47 Å². The quantitative estimate of drug-likeness (QED) is 0.797. The fourth-order valence-corrected chi connectivity index (χ4v) is 2.52. The van der Waals surface area contributed by atoms with E-state index in [9.17, 15) is 8.42 Å². The molecule has 0 heterocycles. The maximum atomic E-state index is 11.0. The van der Waals surface area contributed by atoms with Gasteiger partial charge in [-0.25, -0.2) is 8.42 Å². The van der Waals surface area contributed by atoms with E-state index in [4.69, 9.17) is 31.8 Å². The molecule has 0 unspecified atom stereocenters. The van der Waals surface area contributed by atoms with Crippen molar-refractivity contribution >= 4 is 31.3 Å². The van der Waals surface area contributed by atoms with Gasteiger partial charge >= 0.3 is 0 Å². The third kappa shape index (κ3) is 3.43. The first-order valence-corrected chi connectivity index (χ1v) is 7.05. The zero-order valence-corrected chi connectivity index (χ0v) is 11.0. The molecule has 16 heavy (non-hydrogen) atoms. The van der Waals surface area contributed by atoms with E-state index in [-0.39, 0.29) is 10.8 Å². The molecular formula is C9H10Cl2O4S. The second-order valence-corrected chi connectivity index (χ2v) is 6.16. The molecule has 0 amide bonds. The molecule has 0 atom stereocenters. The number of methoxy groups -OCH3 is 2. The summed E-state index contributed by atoms with van der Waals surface area (Å²) in [6, 6.07) is 3.05. The Kier molecular flexibility index (Phi) is 4.29. The standard InChI is InChI=1S/C9H10Cl2O4S/c1-14-6-3-8(10)7(5-16(11,12)13)9(4-6)15-2/h3-4H,5H2,1-2H3. The van der Waals surface area contributed by atoms with Crippen molar-refractivity contribution in [1.82, 2.24) is 0 Å². The van der Waals surface area contributed by atoms with Crippen molar-refractivity contribution in [3.05, 3.63) is 22.7 Å². The molecular weight excluding hydrogens is 275 g/mol. The molecule has 1 aromatic carbocycles. The lowest BCUT2D eigenvalue weighted by Crippen LogP contribution is -2.00. The van der Waals surface area contributed by atoms with Crippen LogP contribution in [-0.4, -0.2) is 22.6 Å². The number of rotatable bonds is 4. The van der Waals surface area contributed by atoms with Crippen LogP contribution in [0.4, 0.5) is 0 Å². The minimum absolute atomic E-state index is 0.237. The van der Waals surface area contributed by atoms with Gasteiger partial charge in [0.15, 0.2) is 0 Å². The molecule has 0 spiro atoms. The molecule has 90 valence electrons.